The van der Waals surface area contributed by atoms with Gasteiger partial charge in [0, 0.05) is 10.7 Å². The molecule has 1 N–H and O–H groups in total. The number of hydrogen-bond donors (Lipinski definition) is 1. The second kappa shape index (κ2) is 8.59. The Kier molecular flexibility index (Phi) is 5.73. The summed E-state index contributed by atoms with van der Waals surface area (Å²) in [4.78, 5) is 20.8. The van der Waals surface area contributed by atoms with Crippen LogP contribution in [0.1, 0.15) is 11.1 Å². The minimum Gasteiger partial charge on any atom is -0.325 e. The molecule has 0 spiro atoms. The summed E-state index contributed by atoms with van der Waals surface area (Å²) in [6.45, 7) is 2.61. The van der Waals surface area contributed by atoms with Crippen LogP contribution in [-0.2, 0) is 11.3 Å². The molecule has 4 rings (SSSR count). The molecule has 0 fully saturated rings. The summed E-state index contributed by atoms with van der Waals surface area (Å²) in [5.41, 5.74) is 4.23. The zero-order chi connectivity index (χ0) is 20.2. The number of benzene rings is 2. The lowest BCUT2D eigenvalue weighted by Gasteiger charge is -2.05. The van der Waals surface area contributed by atoms with Crippen LogP contribution in [0.15, 0.2) is 59.9 Å². The van der Waals surface area contributed by atoms with Crippen LogP contribution < -0.4 is 5.32 Å². The van der Waals surface area contributed by atoms with Crippen LogP contribution in [0.5, 0.6) is 0 Å². The van der Waals surface area contributed by atoms with Crippen molar-refractivity contribution < 1.29 is 4.79 Å². The number of carbonyl (C=O) groups is 1. The molecule has 0 aliphatic carbocycles. The molecular formula is C20H17ClN6OS. The third-order valence-electron chi connectivity index (χ3n) is 4.19. The van der Waals surface area contributed by atoms with Gasteiger partial charge >= 0.3 is 0 Å². The fraction of sp³-hybridized carbons (Fsp3) is 0.150. The molecular weight excluding hydrogens is 408 g/mol. The number of amides is 1. The van der Waals surface area contributed by atoms with Gasteiger partial charge in [-0.15, -0.1) is 5.10 Å². The van der Waals surface area contributed by atoms with E-state index in [1.807, 2.05) is 0 Å². The number of aryl methyl sites for hydroxylation is 1. The molecule has 146 valence electrons. The Morgan fingerprint density at radius 2 is 1.86 bits per heavy atom. The number of thioether (sulfide) groups is 1. The number of aromatic nitrogens is 5. The molecule has 9 heteroatoms. The van der Waals surface area contributed by atoms with E-state index in [4.69, 9.17) is 11.6 Å². The first-order chi connectivity index (χ1) is 14.1. The van der Waals surface area contributed by atoms with E-state index >= 15 is 0 Å². The standard InChI is InChI=1S/C20H17ClN6OS/c1-13-2-4-14(5-3-13)10-27-19-18(25-26-27)20(23-12-22-19)29-11-17(28)24-16-8-6-15(21)7-9-16/h2-9,12H,10-11H2,1H3,(H,24,28). The molecule has 2 heterocycles. The minimum absolute atomic E-state index is 0.142. The van der Waals surface area contributed by atoms with Crippen molar-refractivity contribution >= 4 is 46.1 Å². The lowest BCUT2D eigenvalue weighted by atomic mass is 10.1. The molecule has 0 radical (unpaired) electrons. The van der Waals surface area contributed by atoms with Crippen molar-refractivity contribution in [3.63, 3.8) is 0 Å². The van der Waals surface area contributed by atoms with Crippen molar-refractivity contribution in [2.45, 2.75) is 18.5 Å². The Hall–Kier alpha value is -2.97. The van der Waals surface area contributed by atoms with Crippen molar-refractivity contribution in [1.82, 2.24) is 25.0 Å². The highest BCUT2D eigenvalue weighted by molar-refractivity contribution is 8.00. The van der Waals surface area contributed by atoms with Gasteiger partial charge in [-0.05, 0) is 36.8 Å². The van der Waals surface area contributed by atoms with Crippen molar-refractivity contribution in [1.29, 1.82) is 0 Å². The predicted octanol–water partition coefficient (Wildman–Crippen LogP) is 3.96. The maximum Gasteiger partial charge on any atom is 0.234 e. The number of anilines is 1. The summed E-state index contributed by atoms with van der Waals surface area (Å²) < 4.78 is 1.74. The molecule has 0 unspecified atom stereocenters. The zero-order valence-corrected chi connectivity index (χ0v) is 17.1. The number of rotatable bonds is 6. The lowest BCUT2D eigenvalue weighted by Crippen LogP contribution is -2.14. The maximum absolute atomic E-state index is 12.2. The smallest absolute Gasteiger partial charge is 0.234 e. The molecule has 0 bridgehead atoms. The zero-order valence-electron chi connectivity index (χ0n) is 15.5. The highest BCUT2D eigenvalue weighted by Gasteiger charge is 2.14. The topological polar surface area (TPSA) is 85.6 Å². The Morgan fingerprint density at radius 1 is 1.10 bits per heavy atom. The van der Waals surface area contributed by atoms with Crippen LogP contribution in [0.2, 0.25) is 5.02 Å². The van der Waals surface area contributed by atoms with Crippen molar-refractivity contribution in [3.8, 4) is 0 Å². The van der Waals surface area contributed by atoms with E-state index in [0.717, 1.165) is 5.56 Å². The van der Waals surface area contributed by atoms with Crippen molar-refractivity contribution in [3.05, 3.63) is 71.0 Å². The third-order valence-corrected chi connectivity index (χ3v) is 5.42. The minimum atomic E-state index is -0.142. The summed E-state index contributed by atoms with van der Waals surface area (Å²) in [6.07, 6.45) is 1.47. The van der Waals surface area contributed by atoms with Crippen LogP contribution in [0, 0.1) is 6.92 Å². The third kappa shape index (κ3) is 4.72. The number of carbonyl (C=O) groups excluding carboxylic acids is 1. The molecule has 2 aromatic carbocycles. The van der Waals surface area contributed by atoms with Gasteiger partial charge in [-0.1, -0.05) is 58.4 Å². The van der Waals surface area contributed by atoms with E-state index in [1.54, 1.807) is 28.9 Å². The maximum atomic E-state index is 12.2. The van der Waals surface area contributed by atoms with E-state index in [0.29, 0.717) is 33.4 Å². The number of nitrogens with one attached hydrogen (secondary N) is 1. The number of hydrogen-bond acceptors (Lipinski definition) is 6. The van der Waals surface area contributed by atoms with E-state index in [1.165, 1.54) is 23.7 Å². The summed E-state index contributed by atoms with van der Waals surface area (Å²) >= 11 is 7.16. The monoisotopic (exact) mass is 424 g/mol. The summed E-state index contributed by atoms with van der Waals surface area (Å²) in [5.74, 6) is 0.0515. The van der Waals surface area contributed by atoms with Crippen LogP contribution in [-0.4, -0.2) is 36.6 Å². The summed E-state index contributed by atoms with van der Waals surface area (Å²) in [7, 11) is 0. The van der Waals surface area contributed by atoms with E-state index in [2.05, 4.69) is 56.8 Å². The number of fused-ring (bicyclic) bond motifs is 1. The molecule has 1 amide bonds. The highest BCUT2D eigenvalue weighted by atomic mass is 35.5. The highest BCUT2D eigenvalue weighted by Crippen LogP contribution is 2.23. The quantitative estimate of drug-likeness (QED) is 0.372. The Bertz CT molecular complexity index is 1140. The van der Waals surface area contributed by atoms with Crippen LogP contribution in [0.4, 0.5) is 5.69 Å². The largest absolute Gasteiger partial charge is 0.325 e. The first-order valence-corrected chi connectivity index (χ1v) is 10.2. The Balaban J connectivity index is 1.45. The fourth-order valence-corrected chi connectivity index (χ4v) is 3.57. The van der Waals surface area contributed by atoms with Gasteiger partial charge < -0.3 is 5.32 Å². The van der Waals surface area contributed by atoms with Crippen molar-refractivity contribution in [2.75, 3.05) is 11.1 Å². The molecule has 0 saturated heterocycles. The predicted molar refractivity (Wildman–Crippen MR) is 114 cm³/mol. The number of nitrogens with zero attached hydrogens (tertiary/aromatic N) is 5. The van der Waals surface area contributed by atoms with Crippen LogP contribution in [0.3, 0.4) is 0 Å². The van der Waals surface area contributed by atoms with Crippen LogP contribution >= 0.6 is 23.4 Å². The van der Waals surface area contributed by atoms with Gasteiger partial charge in [0.1, 0.15) is 11.4 Å². The van der Waals surface area contributed by atoms with Gasteiger partial charge in [-0.25, -0.2) is 14.6 Å². The van der Waals surface area contributed by atoms with Gasteiger partial charge in [-0.2, -0.15) is 0 Å². The molecule has 7 nitrogen and oxygen atoms in total. The van der Waals surface area contributed by atoms with Crippen molar-refractivity contribution in [2.24, 2.45) is 0 Å². The summed E-state index contributed by atoms with van der Waals surface area (Å²) in [5, 5.41) is 12.5. The van der Waals surface area contributed by atoms with Gasteiger partial charge in [0.15, 0.2) is 11.2 Å². The number of halogens is 1. The Morgan fingerprint density at radius 3 is 2.62 bits per heavy atom. The molecule has 29 heavy (non-hydrogen) atoms. The molecule has 0 saturated carbocycles. The average Bonchev–Trinajstić information content (AvgIpc) is 3.13. The lowest BCUT2D eigenvalue weighted by molar-refractivity contribution is -0.113. The first kappa shape index (κ1) is 19.4. The normalized spacial score (nSPS) is 11.0. The SMILES string of the molecule is Cc1ccc(Cn2nnc3c(SCC(=O)Nc4ccc(Cl)cc4)ncnc32)cc1. The van der Waals surface area contributed by atoms with Gasteiger partial charge in [0.05, 0.1) is 12.3 Å². The fourth-order valence-electron chi connectivity index (χ4n) is 2.71. The Labute approximate surface area is 176 Å². The molecule has 0 aliphatic heterocycles. The van der Waals surface area contributed by atoms with Crippen LogP contribution in [0.25, 0.3) is 11.2 Å². The van der Waals surface area contributed by atoms with E-state index < -0.39 is 0 Å². The molecule has 2 aromatic heterocycles. The van der Waals surface area contributed by atoms with E-state index in [-0.39, 0.29) is 11.7 Å². The molecule has 0 atom stereocenters. The van der Waals surface area contributed by atoms with Gasteiger partial charge in [-0.3, -0.25) is 4.79 Å². The van der Waals surface area contributed by atoms with Gasteiger partial charge in [0.2, 0.25) is 5.91 Å². The first-order valence-electron chi connectivity index (χ1n) is 8.86. The molecule has 0 aliphatic rings. The van der Waals surface area contributed by atoms with Gasteiger partial charge in [0.25, 0.3) is 0 Å². The second-order valence-corrected chi connectivity index (χ2v) is 7.83. The second-order valence-electron chi connectivity index (χ2n) is 6.43. The molecule has 4 aromatic rings. The summed E-state index contributed by atoms with van der Waals surface area (Å²) in [6, 6.07) is 15.2. The van der Waals surface area contributed by atoms with E-state index in [9.17, 15) is 4.79 Å². The average molecular weight is 425 g/mol.